The van der Waals surface area contributed by atoms with Gasteiger partial charge in [-0.1, -0.05) is 23.5 Å². The van der Waals surface area contributed by atoms with Gasteiger partial charge in [0.25, 0.3) is 0 Å². The van der Waals surface area contributed by atoms with Crippen LogP contribution in [0, 0.1) is 0 Å². The van der Waals surface area contributed by atoms with Gasteiger partial charge in [-0.25, -0.2) is 29.9 Å². The van der Waals surface area contributed by atoms with E-state index in [0.29, 0.717) is 18.2 Å². The molecule has 4 aromatic heterocycles. The van der Waals surface area contributed by atoms with Crippen LogP contribution in [0.3, 0.4) is 0 Å². The maximum absolute atomic E-state index is 4.74. The van der Waals surface area contributed by atoms with Gasteiger partial charge in [-0.3, -0.25) is 0 Å². The molecule has 0 aliphatic rings. The number of para-hydroxylation sites is 2. The minimum Gasteiger partial charge on any atom is -0.361 e. The molecule has 10 heteroatoms. The highest BCUT2D eigenvalue weighted by Crippen LogP contribution is 2.25. The van der Waals surface area contributed by atoms with Gasteiger partial charge < -0.3 is 15.6 Å². The van der Waals surface area contributed by atoms with Crippen LogP contribution in [-0.2, 0) is 19.4 Å². The number of nitrogens with one attached hydrogen (secondary N) is 3. The summed E-state index contributed by atoms with van der Waals surface area (Å²) in [7, 11) is 0. The third kappa shape index (κ3) is 4.65. The second kappa shape index (κ2) is 9.11. The number of aromatic amines is 1. The summed E-state index contributed by atoms with van der Waals surface area (Å²) in [5.41, 5.74) is 2.88. The molecule has 0 aliphatic carbocycles. The number of aromatic nitrogens is 7. The third-order valence-electron chi connectivity index (χ3n) is 4.77. The van der Waals surface area contributed by atoms with Crippen molar-refractivity contribution in [2.24, 2.45) is 0 Å². The van der Waals surface area contributed by atoms with Crippen molar-refractivity contribution in [1.29, 1.82) is 0 Å². The second-order valence-corrected chi connectivity index (χ2v) is 8.01. The van der Waals surface area contributed by atoms with E-state index in [1.54, 1.807) is 36.1 Å². The average molecular weight is 432 g/mol. The predicted molar refractivity (Wildman–Crippen MR) is 121 cm³/mol. The van der Waals surface area contributed by atoms with Gasteiger partial charge in [-0.15, -0.1) is 0 Å². The van der Waals surface area contributed by atoms with Gasteiger partial charge >= 0.3 is 0 Å². The molecule has 0 saturated carbocycles. The number of H-pyrrole nitrogens is 1. The lowest BCUT2D eigenvalue weighted by atomic mass is 10.3. The van der Waals surface area contributed by atoms with Crippen molar-refractivity contribution in [1.82, 2.24) is 40.2 Å². The van der Waals surface area contributed by atoms with Crippen LogP contribution in [0.5, 0.6) is 0 Å². The zero-order chi connectivity index (χ0) is 20.9. The van der Waals surface area contributed by atoms with E-state index < -0.39 is 0 Å². The zero-order valence-corrected chi connectivity index (χ0v) is 17.6. The molecular weight excluding hydrogens is 410 g/mol. The quantitative estimate of drug-likeness (QED) is 0.305. The molecule has 0 fully saturated rings. The van der Waals surface area contributed by atoms with Gasteiger partial charge in [-0.2, -0.15) is 0 Å². The Bertz CT molecular complexity index is 1250. The molecule has 5 rings (SSSR count). The summed E-state index contributed by atoms with van der Waals surface area (Å²) in [6.07, 6.45) is 6.70. The molecule has 0 unspecified atom stereocenters. The van der Waals surface area contributed by atoms with Crippen molar-refractivity contribution < 1.29 is 0 Å². The van der Waals surface area contributed by atoms with E-state index in [4.69, 9.17) is 4.98 Å². The van der Waals surface area contributed by atoms with Crippen LogP contribution in [0.4, 0.5) is 5.82 Å². The molecule has 0 amide bonds. The van der Waals surface area contributed by atoms with Crippen LogP contribution in [0.2, 0.25) is 0 Å². The Kier molecular flexibility index (Phi) is 5.72. The van der Waals surface area contributed by atoms with Crippen molar-refractivity contribution in [3.8, 4) is 0 Å². The van der Waals surface area contributed by atoms with Crippen molar-refractivity contribution in [3.63, 3.8) is 0 Å². The highest BCUT2D eigenvalue weighted by Gasteiger charge is 2.11. The SMILES string of the molecule is c1cnc(CNc2ncnc3sc(CCNCCc4nc5ccccc5[nH]4)nc23)nc1. The second-order valence-electron chi connectivity index (χ2n) is 6.95. The minimum absolute atomic E-state index is 0.489. The molecule has 0 bridgehead atoms. The predicted octanol–water partition coefficient (Wildman–Crippen LogP) is 2.74. The largest absolute Gasteiger partial charge is 0.361 e. The van der Waals surface area contributed by atoms with Gasteiger partial charge in [-0.05, 0) is 18.2 Å². The highest BCUT2D eigenvalue weighted by atomic mass is 32.1. The Morgan fingerprint density at radius 1 is 0.903 bits per heavy atom. The summed E-state index contributed by atoms with van der Waals surface area (Å²) in [5.74, 6) is 2.42. The number of imidazole rings is 1. The molecule has 156 valence electrons. The van der Waals surface area contributed by atoms with E-state index >= 15 is 0 Å². The van der Waals surface area contributed by atoms with Crippen molar-refractivity contribution in [3.05, 3.63) is 65.7 Å². The number of anilines is 1. The van der Waals surface area contributed by atoms with E-state index in [1.807, 2.05) is 24.3 Å². The van der Waals surface area contributed by atoms with Crippen molar-refractivity contribution >= 4 is 38.5 Å². The molecule has 1 aromatic carbocycles. The van der Waals surface area contributed by atoms with Crippen LogP contribution in [-0.4, -0.2) is 48.0 Å². The highest BCUT2D eigenvalue weighted by molar-refractivity contribution is 7.18. The van der Waals surface area contributed by atoms with Crippen LogP contribution in [0.25, 0.3) is 21.4 Å². The number of hydrogen-bond acceptors (Lipinski definition) is 9. The zero-order valence-electron chi connectivity index (χ0n) is 16.7. The lowest BCUT2D eigenvalue weighted by Gasteiger charge is -2.04. The van der Waals surface area contributed by atoms with Gasteiger partial charge in [0.2, 0.25) is 0 Å². The summed E-state index contributed by atoms with van der Waals surface area (Å²) < 4.78 is 0. The Labute approximate surface area is 182 Å². The van der Waals surface area contributed by atoms with Gasteiger partial charge in [0.1, 0.15) is 28.3 Å². The topological polar surface area (TPSA) is 117 Å². The van der Waals surface area contributed by atoms with E-state index in [2.05, 4.69) is 40.5 Å². The maximum atomic E-state index is 4.74. The first kappa shape index (κ1) is 19.5. The van der Waals surface area contributed by atoms with Crippen molar-refractivity contribution in [2.75, 3.05) is 18.4 Å². The molecular formula is C21H21N9S. The fraction of sp³-hybridized carbons (Fsp3) is 0.238. The van der Waals surface area contributed by atoms with Crippen LogP contribution >= 0.6 is 11.3 Å². The minimum atomic E-state index is 0.489. The van der Waals surface area contributed by atoms with E-state index in [1.165, 1.54) is 0 Å². The smallest absolute Gasteiger partial charge is 0.157 e. The molecule has 5 aromatic rings. The van der Waals surface area contributed by atoms with E-state index in [-0.39, 0.29) is 0 Å². The summed E-state index contributed by atoms with van der Waals surface area (Å²) in [5, 5.41) is 7.77. The monoisotopic (exact) mass is 431 g/mol. The number of hydrogen-bond donors (Lipinski definition) is 3. The Morgan fingerprint density at radius 3 is 2.68 bits per heavy atom. The molecule has 31 heavy (non-hydrogen) atoms. The van der Waals surface area contributed by atoms with E-state index in [9.17, 15) is 0 Å². The van der Waals surface area contributed by atoms with E-state index in [0.717, 1.165) is 58.1 Å². The first-order valence-electron chi connectivity index (χ1n) is 10.1. The summed E-state index contributed by atoms with van der Waals surface area (Å²) in [6, 6.07) is 9.88. The van der Waals surface area contributed by atoms with Crippen LogP contribution in [0.1, 0.15) is 16.7 Å². The molecule has 0 aliphatic heterocycles. The first-order chi connectivity index (χ1) is 15.3. The number of fused-ring (bicyclic) bond motifs is 2. The van der Waals surface area contributed by atoms with Gasteiger partial charge in [0.05, 0.1) is 22.6 Å². The fourth-order valence-corrected chi connectivity index (χ4v) is 4.17. The number of thiazole rings is 1. The van der Waals surface area contributed by atoms with Crippen molar-refractivity contribution in [2.45, 2.75) is 19.4 Å². The molecule has 0 radical (unpaired) electrons. The summed E-state index contributed by atoms with van der Waals surface area (Å²) in [4.78, 5) is 30.7. The Morgan fingerprint density at radius 2 is 1.77 bits per heavy atom. The number of benzene rings is 1. The average Bonchev–Trinajstić information content (AvgIpc) is 3.41. The molecule has 3 N–H and O–H groups in total. The first-order valence-corrected chi connectivity index (χ1v) is 10.9. The van der Waals surface area contributed by atoms with Crippen LogP contribution < -0.4 is 10.6 Å². The molecule has 0 atom stereocenters. The standard InChI is InChI=1S/C21H21N9S/c1-2-5-15-14(4-1)28-16(29-15)6-10-22-11-7-18-30-19-20(26-13-27-21(19)31-18)25-12-17-23-8-3-9-24-17/h1-5,8-9,13,22H,6-7,10-12H2,(H,28,29)(H,25,26,27). The maximum Gasteiger partial charge on any atom is 0.157 e. The molecule has 4 heterocycles. The van der Waals surface area contributed by atoms with Gasteiger partial charge in [0, 0.05) is 38.3 Å². The molecule has 0 saturated heterocycles. The Hall–Kier alpha value is -3.50. The fourth-order valence-electron chi connectivity index (χ4n) is 3.27. The van der Waals surface area contributed by atoms with Crippen LogP contribution in [0.15, 0.2) is 49.1 Å². The molecule has 0 spiro atoms. The summed E-state index contributed by atoms with van der Waals surface area (Å²) in [6.45, 7) is 2.19. The summed E-state index contributed by atoms with van der Waals surface area (Å²) >= 11 is 1.60. The Balaban J connectivity index is 1.14. The molecule has 9 nitrogen and oxygen atoms in total. The normalized spacial score (nSPS) is 11.4. The lowest BCUT2D eigenvalue weighted by molar-refractivity contribution is 0.670. The third-order valence-corrected chi connectivity index (χ3v) is 5.79. The number of nitrogens with zero attached hydrogens (tertiary/aromatic N) is 6. The lowest BCUT2D eigenvalue weighted by Crippen LogP contribution is -2.20. The number of rotatable bonds is 9. The van der Waals surface area contributed by atoms with Gasteiger partial charge in [0.15, 0.2) is 5.82 Å².